The predicted octanol–water partition coefficient (Wildman–Crippen LogP) is 4.25. The van der Waals surface area contributed by atoms with Crippen LogP contribution in [0.5, 0.6) is 0 Å². The summed E-state index contributed by atoms with van der Waals surface area (Å²) in [6.45, 7) is 3.03. The number of oxazole rings is 1. The van der Waals surface area contributed by atoms with Gasteiger partial charge in [0.15, 0.2) is 12.4 Å². The van der Waals surface area contributed by atoms with E-state index in [4.69, 9.17) is 9.15 Å². The molecule has 1 aliphatic rings. The molecule has 0 radical (unpaired) electrons. The molecule has 154 valence electrons. The van der Waals surface area contributed by atoms with Crippen LogP contribution in [0, 0.1) is 12.8 Å². The first-order valence-electron chi connectivity index (χ1n) is 10.1. The van der Waals surface area contributed by atoms with Gasteiger partial charge in [0.25, 0.3) is 5.91 Å². The van der Waals surface area contributed by atoms with Crippen LogP contribution >= 0.6 is 0 Å². The SMILES string of the molecule is Cc1ccccc1C(=O)N1CCC(C(=O)OCc2ncc(-c3ccccc3)o2)CC1. The molecule has 30 heavy (non-hydrogen) atoms. The molecule has 3 aromatic rings. The fraction of sp³-hybridized carbons (Fsp3) is 0.292. The van der Waals surface area contributed by atoms with E-state index < -0.39 is 0 Å². The lowest BCUT2D eigenvalue weighted by Crippen LogP contribution is -2.40. The molecule has 2 heterocycles. The van der Waals surface area contributed by atoms with Crippen LogP contribution in [0.25, 0.3) is 11.3 Å². The van der Waals surface area contributed by atoms with E-state index in [1.807, 2.05) is 66.4 Å². The van der Waals surface area contributed by atoms with Crippen molar-refractivity contribution in [1.29, 1.82) is 0 Å². The Bertz CT molecular complexity index is 1020. The van der Waals surface area contributed by atoms with Crippen molar-refractivity contribution >= 4 is 11.9 Å². The zero-order valence-corrected chi connectivity index (χ0v) is 16.9. The quantitative estimate of drug-likeness (QED) is 0.595. The Hall–Kier alpha value is -3.41. The summed E-state index contributed by atoms with van der Waals surface area (Å²) in [5.41, 5.74) is 2.61. The Kier molecular flexibility index (Phi) is 5.93. The van der Waals surface area contributed by atoms with Gasteiger partial charge in [0.1, 0.15) is 0 Å². The van der Waals surface area contributed by atoms with Crippen molar-refractivity contribution in [1.82, 2.24) is 9.88 Å². The minimum atomic E-state index is -0.266. The molecule has 0 unspecified atom stereocenters. The molecule has 0 saturated carbocycles. The number of aryl methyl sites for hydroxylation is 1. The van der Waals surface area contributed by atoms with E-state index in [1.165, 1.54) is 0 Å². The van der Waals surface area contributed by atoms with Gasteiger partial charge in [-0.3, -0.25) is 9.59 Å². The number of benzene rings is 2. The van der Waals surface area contributed by atoms with Crippen molar-refractivity contribution < 1.29 is 18.7 Å². The topological polar surface area (TPSA) is 72.6 Å². The lowest BCUT2D eigenvalue weighted by Gasteiger charge is -2.31. The van der Waals surface area contributed by atoms with Crippen molar-refractivity contribution in [2.75, 3.05) is 13.1 Å². The minimum Gasteiger partial charge on any atom is -0.455 e. The molecule has 1 aliphatic heterocycles. The van der Waals surface area contributed by atoms with Crippen LogP contribution in [0.1, 0.15) is 34.7 Å². The van der Waals surface area contributed by atoms with E-state index in [-0.39, 0.29) is 24.4 Å². The molecule has 0 N–H and O–H groups in total. The van der Waals surface area contributed by atoms with Gasteiger partial charge in [-0.25, -0.2) is 4.98 Å². The Labute approximate surface area is 175 Å². The number of piperidine rings is 1. The smallest absolute Gasteiger partial charge is 0.309 e. The molecular formula is C24H24N2O4. The number of ether oxygens (including phenoxy) is 1. The van der Waals surface area contributed by atoms with Gasteiger partial charge < -0.3 is 14.1 Å². The van der Waals surface area contributed by atoms with Gasteiger partial charge in [-0.1, -0.05) is 48.5 Å². The van der Waals surface area contributed by atoms with E-state index >= 15 is 0 Å². The molecule has 1 saturated heterocycles. The molecule has 6 nitrogen and oxygen atoms in total. The predicted molar refractivity (Wildman–Crippen MR) is 112 cm³/mol. The zero-order chi connectivity index (χ0) is 20.9. The lowest BCUT2D eigenvalue weighted by atomic mass is 9.96. The third-order valence-corrected chi connectivity index (χ3v) is 5.44. The minimum absolute atomic E-state index is 0.00796. The highest BCUT2D eigenvalue weighted by molar-refractivity contribution is 5.95. The van der Waals surface area contributed by atoms with E-state index in [2.05, 4.69) is 4.98 Å². The number of esters is 1. The molecule has 6 heteroatoms. The fourth-order valence-corrected chi connectivity index (χ4v) is 3.67. The number of hydrogen-bond donors (Lipinski definition) is 0. The molecule has 1 amide bonds. The lowest BCUT2D eigenvalue weighted by molar-refractivity contribution is -0.152. The van der Waals surface area contributed by atoms with Gasteiger partial charge in [-0.15, -0.1) is 0 Å². The van der Waals surface area contributed by atoms with Crippen LogP contribution < -0.4 is 0 Å². The third-order valence-electron chi connectivity index (χ3n) is 5.44. The van der Waals surface area contributed by atoms with Crippen LogP contribution in [-0.4, -0.2) is 34.8 Å². The normalized spacial score (nSPS) is 14.5. The number of likely N-dealkylation sites (tertiary alicyclic amines) is 1. The molecule has 4 rings (SSSR count). The first-order chi connectivity index (χ1) is 14.6. The molecule has 0 bridgehead atoms. The molecule has 0 aliphatic carbocycles. The highest BCUT2D eigenvalue weighted by Gasteiger charge is 2.29. The number of nitrogens with zero attached hydrogens (tertiary/aromatic N) is 2. The van der Waals surface area contributed by atoms with Gasteiger partial charge in [-0.2, -0.15) is 0 Å². The Balaban J connectivity index is 1.27. The summed E-state index contributed by atoms with van der Waals surface area (Å²) in [5.74, 6) is 0.555. The zero-order valence-electron chi connectivity index (χ0n) is 16.9. The second kappa shape index (κ2) is 8.95. The number of rotatable bonds is 5. The first-order valence-corrected chi connectivity index (χ1v) is 10.1. The van der Waals surface area contributed by atoms with Gasteiger partial charge >= 0.3 is 5.97 Å². The third kappa shape index (κ3) is 4.43. The number of aromatic nitrogens is 1. The Morgan fingerprint density at radius 1 is 1.07 bits per heavy atom. The largest absolute Gasteiger partial charge is 0.455 e. The number of amides is 1. The molecular weight excluding hydrogens is 380 g/mol. The average Bonchev–Trinajstić information content (AvgIpc) is 3.27. The number of carbonyl (C=O) groups is 2. The average molecular weight is 404 g/mol. The summed E-state index contributed by atoms with van der Waals surface area (Å²) in [5, 5.41) is 0. The summed E-state index contributed by atoms with van der Waals surface area (Å²) in [6, 6.07) is 17.2. The van der Waals surface area contributed by atoms with Crippen LogP contribution in [0.4, 0.5) is 0 Å². The molecule has 2 aromatic carbocycles. The fourth-order valence-electron chi connectivity index (χ4n) is 3.67. The van der Waals surface area contributed by atoms with Crippen molar-refractivity contribution in [3.05, 3.63) is 77.8 Å². The maximum absolute atomic E-state index is 12.7. The van der Waals surface area contributed by atoms with Gasteiger partial charge in [0.05, 0.1) is 12.1 Å². The molecule has 0 atom stereocenters. The maximum Gasteiger partial charge on any atom is 0.309 e. The van der Waals surface area contributed by atoms with Gasteiger partial charge in [0, 0.05) is 24.2 Å². The van der Waals surface area contributed by atoms with Crippen molar-refractivity contribution in [3.63, 3.8) is 0 Å². The summed E-state index contributed by atoms with van der Waals surface area (Å²) in [6.07, 6.45) is 2.82. The monoisotopic (exact) mass is 404 g/mol. The van der Waals surface area contributed by atoms with E-state index in [9.17, 15) is 9.59 Å². The van der Waals surface area contributed by atoms with Crippen molar-refractivity contribution in [2.24, 2.45) is 5.92 Å². The summed E-state index contributed by atoms with van der Waals surface area (Å²) in [4.78, 5) is 31.2. The second-order valence-corrected chi connectivity index (χ2v) is 7.47. The highest BCUT2D eigenvalue weighted by Crippen LogP contribution is 2.23. The second-order valence-electron chi connectivity index (χ2n) is 7.47. The van der Waals surface area contributed by atoms with Crippen LogP contribution in [0.2, 0.25) is 0 Å². The van der Waals surface area contributed by atoms with Crippen molar-refractivity contribution in [2.45, 2.75) is 26.4 Å². The van der Waals surface area contributed by atoms with Crippen LogP contribution in [0.3, 0.4) is 0 Å². The molecule has 1 fully saturated rings. The van der Waals surface area contributed by atoms with Crippen LogP contribution in [-0.2, 0) is 16.1 Å². The summed E-state index contributed by atoms with van der Waals surface area (Å²) >= 11 is 0. The van der Waals surface area contributed by atoms with E-state index in [0.717, 1.165) is 16.7 Å². The molecule has 0 spiro atoms. The Morgan fingerprint density at radius 3 is 2.50 bits per heavy atom. The van der Waals surface area contributed by atoms with Crippen molar-refractivity contribution in [3.8, 4) is 11.3 Å². The van der Waals surface area contributed by atoms with Gasteiger partial charge in [0.2, 0.25) is 5.89 Å². The molecule has 1 aromatic heterocycles. The maximum atomic E-state index is 12.7. The highest BCUT2D eigenvalue weighted by atomic mass is 16.5. The van der Waals surface area contributed by atoms with E-state index in [0.29, 0.717) is 37.6 Å². The number of carbonyl (C=O) groups excluding carboxylic acids is 2. The standard InChI is InChI=1S/C24H24N2O4/c1-17-7-5-6-10-20(17)23(27)26-13-11-19(12-14-26)24(28)29-16-22-25-15-21(30-22)18-8-3-2-4-9-18/h2-10,15,19H,11-14,16H2,1H3. The Morgan fingerprint density at radius 2 is 1.77 bits per heavy atom. The number of hydrogen-bond acceptors (Lipinski definition) is 5. The first kappa shape index (κ1) is 19.9. The van der Waals surface area contributed by atoms with E-state index in [1.54, 1.807) is 6.20 Å². The summed E-state index contributed by atoms with van der Waals surface area (Å²) < 4.78 is 11.1. The summed E-state index contributed by atoms with van der Waals surface area (Å²) in [7, 11) is 0. The van der Waals surface area contributed by atoms with Crippen LogP contribution in [0.15, 0.2) is 65.2 Å². The van der Waals surface area contributed by atoms with Gasteiger partial charge in [-0.05, 0) is 31.4 Å².